The predicted molar refractivity (Wildman–Crippen MR) is 98.8 cm³/mol. The number of likely N-dealkylation sites (tertiary alicyclic amines) is 1. The highest BCUT2D eigenvalue weighted by Crippen LogP contribution is 2.32. The molecule has 0 bridgehead atoms. The van der Waals surface area contributed by atoms with Gasteiger partial charge in [0.25, 0.3) is 5.91 Å². The SMILES string of the molecule is COc1ccc2c(c1)OCC(Cc1ncccc1C(=O)N1CCCC1)C2. The maximum Gasteiger partial charge on any atom is 0.255 e. The normalized spacial score (nSPS) is 19.0. The number of aromatic nitrogens is 1. The van der Waals surface area contributed by atoms with Gasteiger partial charge in [-0.3, -0.25) is 9.78 Å². The van der Waals surface area contributed by atoms with Gasteiger partial charge in [-0.05, 0) is 49.4 Å². The first kappa shape index (κ1) is 16.9. The van der Waals surface area contributed by atoms with Crippen molar-refractivity contribution in [3.8, 4) is 11.5 Å². The molecule has 0 aliphatic carbocycles. The molecule has 1 amide bonds. The molecule has 1 aromatic heterocycles. The Bertz CT molecular complexity index is 800. The second-order valence-corrected chi connectivity index (χ2v) is 7.06. The van der Waals surface area contributed by atoms with E-state index in [1.165, 1.54) is 5.56 Å². The number of carbonyl (C=O) groups excluding carboxylic acids is 1. The summed E-state index contributed by atoms with van der Waals surface area (Å²) in [6, 6.07) is 9.73. The van der Waals surface area contributed by atoms with Crippen molar-refractivity contribution < 1.29 is 14.3 Å². The van der Waals surface area contributed by atoms with Gasteiger partial charge in [0.05, 0.1) is 25.0 Å². The van der Waals surface area contributed by atoms with Crippen molar-refractivity contribution in [2.45, 2.75) is 25.7 Å². The van der Waals surface area contributed by atoms with Gasteiger partial charge in [0.2, 0.25) is 0 Å². The van der Waals surface area contributed by atoms with Gasteiger partial charge >= 0.3 is 0 Å². The number of ether oxygens (including phenoxy) is 2. The van der Waals surface area contributed by atoms with Gasteiger partial charge < -0.3 is 14.4 Å². The molecule has 5 heteroatoms. The number of amides is 1. The lowest BCUT2D eigenvalue weighted by molar-refractivity contribution is 0.0790. The lowest BCUT2D eigenvalue weighted by Crippen LogP contribution is -2.30. The van der Waals surface area contributed by atoms with E-state index in [4.69, 9.17) is 9.47 Å². The van der Waals surface area contributed by atoms with E-state index < -0.39 is 0 Å². The van der Waals surface area contributed by atoms with Crippen molar-refractivity contribution in [1.82, 2.24) is 9.88 Å². The van der Waals surface area contributed by atoms with Crippen LogP contribution in [0.1, 0.15) is 34.5 Å². The highest BCUT2D eigenvalue weighted by molar-refractivity contribution is 5.95. The van der Waals surface area contributed by atoms with Gasteiger partial charge in [-0.15, -0.1) is 0 Å². The molecule has 2 aliphatic rings. The predicted octanol–water partition coefficient (Wildman–Crippen LogP) is 3.12. The van der Waals surface area contributed by atoms with Gasteiger partial charge in [-0.1, -0.05) is 6.07 Å². The summed E-state index contributed by atoms with van der Waals surface area (Å²) in [5.74, 6) is 2.14. The van der Waals surface area contributed by atoms with E-state index in [2.05, 4.69) is 11.1 Å². The van der Waals surface area contributed by atoms with Crippen molar-refractivity contribution in [2.24, 2.45) is 5.92 Å². The zero-order valence-corrected chi connectivity index (χ0v) is 15.1. The molecule has 4 rings (SSSR count). The Morgan fingerprint density at radius 1 is 1.31 bits per heavy atom. The van der Waals surface area contributed by atoms with Gasteiger partial charge in [-0.25, -0.2) is 0 Å². The number of hydrogen-bond donors (Lipinski definition) is 0. The van der Waals surface area contributed by atoms with Crippen LogP contribution in [0.2, 0.25) is 0 Å². The Morgan fingerprint density at radius 3 is 2.96 bits per heavy atom. The smallest absolute Gasteiger partial charge is 0.255 e. The summed E-state index contributed by atoms with van der Waals surface area (Å²) in [4.78, 5) is 19.3. The molecule has 3 heterocycles. The summed E-state index contributed by atoms with van der Waals surface area (Å²) in [7, 11) is 1.66. The van der Waals surface area contributed by atoms with E-state index >= 15 is 0 Å². The van der Waals surface area contributed by atoms with Crippen LogP contribution in [-0.4, -0.2) is 42.6 Å². The number of benzene rings is 1. The fraction of sp³-hybridized carbons (Fsp3) is 0.429. The Kier molecular flexibility index (Phi) is 4.78. The van der Waals surface area contributed by atoms with E-state index in [0.717, 1.165) is 61.5 Å². The minimum atomic E-state index is 0.118. The van der Waals surface area contributed by atoms with Crippen LogP contribution >= 0.6 is 0 Å². The molecule has 26 heavy (non-hydrogen) atoms. The Labute approximate surface area is 153 Å². The number of pyridine rings is 1. The molecule has 5 nitrogen and oxygen atoms in total. The Hall–Kier alpha value is -2.56. The summed E-state index contributed by atoms with van der Waals surface area (Å²) in [6.07, 6.45) is 5.64. The monoisotopic (exact) mass is 352 g/mol. The van der Waals surface area contributed by atoms with Crippen molar-refractivity contribution in [1.29, 1.82) is 0 Å². The van der Waals surface area contributed by atoms with Crippen molar-refractivity contribution in [3.05, 3.63) is 53.3 Å². The summed E-state index contributed by atoms with van der Waals surface area (Å²) in [6.45, 7) is 2.35. The third kappa shape index (κ3) is 3.39. The van der Waals surface area contributed by atoms with Crippen LogP contribution in [-0.2, 0) is 12.8 Å². The molecule has 1 atom stereocenters. The lowest BCUT2D eigenvalue weighted by Gasteiger charge is -2.26. The largest absolute Gasteiger partial charge is 0.497 e. The second-order valence-electron chi connectivity index (χ2n) is 7.06. The molecule has 0 spiro atoms. The van der Waals surface area contributed by atoms with Crippen molar-refractivity contribution in [3.63, 3.8) is 0 Å². The molecule has 1 fully saturated rings. The first-order valence-corrected chi connectivity index (χ1v) is 9.27. The molecular weight excluding hydrogens is 328 g/mol. The topological polar surface area (TPSA) is 51.7 Å². The average molecular weight is 352 g/mol. The van der Waals surface area contributed by atoms with E-state index in [9.17, 15) is 4.79 Å². The number of methoxy groups -OCH3 is 1. The molecule has 136 valence electrons. The van der Waals surface area contributed by atoms with Crippen LogP contribution in [0.3, 0.4) is 0 Å². The fourth-order valence-electron chi connectivity index (χ4n) is 3.83. The number of hydrogen-bond acceptors (Lipinski definition) is 4. The maximum atomic E-state index is 12.8. The summed E-state index contributed by atoms with van der Waals surface area (Å²) in [5, 5.41) is 0. The molecule has 0 radical (unpaired) electrons. The number of rotatable bonds is 4. The average Bonchev–Trinajstić information content (AvgIpc) is 3.22. The van der Waals surface area contributed by atoms with Gasteiger partial charge in [0.1, 0.15) is 11.5 Å². The van der Waals surface area contributed by atoms with E-state index in [1.54, 1.807) is 13.3 Å². The number of nitrogens with zero attached hydrogens (tertiary/aromatic N) is 2. The quantitative estimate of drug-likeness (QED) is 0.848. The Balaban J connectivity index is 1.50. The highest BCUT2D eigenvalue weighted by atomic mass is 16.5. The fourth-order valence-corrected chi connectivity index (χ4v) is 3.83. The highest BCUT2D eigenvalue weighted by Gasteiger charge is 2.26. The van der Waals surface area contributed by atoms with E-state index in [-0.39, 0.29) is 5.91 Å². The number of carbonyl (C=O) groups is 1. The first-order chi connectivity index (χ1) is 12.7. The van der Waals surface area contributed by atoms with Crippen LogP contribution in [0.15, 0.2) is 36.5 Å². The molecule has 1 unspecified atom stereocenters. The maximum absolute atomic E-state index is 12.8. The zero-order chi connectivity index (χ0) is 17.9. The standard InChI is InChI=1S/C21H24N2O3/c1-25-17-7-6-16-11-15(14-26-20(16)13-17)12-19-18(5-4-8-22-19)21(24)23-9-2-3-10-23/h4-8,13,15H,2-3,9-12,14H2,1H3. The van der Waals surface area contributed by atoms with Crippen molar-refractivity contribution in [2.75, 3.05) is 26.8 Å². The minimum absolute atomic E-state index is 0.118. The minimum Gasteiger partial charge on any atom is -0.497 e. The molecule has 1 saturated heterocycles. The van der Waals surface area contributed by atoms with Crippen LogP contribution in [0.25, 0.3) is 0 Å². The van der Waals surface area contributed by atoms with Gasteiger partial charge in [0, 0.05) is 31.3 Å². The molecule has 0 saturated carbocycles. The third-order valence-corrected chi connectivity index (χ3v) is 5.25. The molecular formula is C21H24N2O3. The van der Waals surface area contributed by atoms with Crippen LogP contribution < -0.4 is 9.47 Å². The van der Waals surface area contributed by atoms with Gasteiger partial charge in [-0.2, -0.15) is 0 Å². The lowest BCUT2D eigenvalue weighted by atomic mass is 9.91. The van der Waals surface area contributed by atoms with Crippen molar-refractivity contribution >= 4 is 5.91 Å². The zero-order valence-electron chi connectivity index (χ0n) is 15.1. The van der Waals surface area contributed by atoms with Crippen LogP contribution in [0, 0.1) is 5.92 Å². The second kappa shape index (κ2) is 7.36. The third-order valence-electron chi connectivity index (χ3n) is 5.25. The summed E-state index contributed by atoms with van der Waals surface area (Å²) in [5.41, 5.74) is 2.82. The molecule has 0 N–H and O–H groups in total. The molecule has 2 aromatic rings. The van der Waals surface area contributed by atoms with Gasteiger partial charge in [0.15, 0.2) is 0 Å². The van der Waals surface area contributed by atoms with Crippen LogP contribution in [0.5, 0.6) is 11.5 Å². The number of fused-ring (bicyclic) bond motifs is 1. The van der Waals surface area contributed by atoms with E-state index in [0.29, 0.717) is 12.5 Å². The summed E-state index contributed by atoms with van der Waals surface area (Å²) >= 11 is 0. The summed E-state index contributed by atoms with van der Waals surface area (Å²) < 4.78 is 11.2. The first-order valence-electron chi connectivity index (χ1n) is 9.27. The van der Waals surface area contributed by atoms with Crippen LogP contribution in [0.4, 0.5) is 0 Å². The van der Waals surface area contributed by atoms with E-state index in [1.807, 2.05) is 29.2 Å². The molecule has 1 aromatic carbocycles. The molecule has 2 aliphatic heterocycles. The Morgan fingerprint density at radius 2 is 2.15 bits per heavy atom.